The van der Waals surface area contributed by atoms with Crippen molar-refractivity contribution in [3.63, 3.8) is 0 Å². The first kappa shape index (κ1) is 16.8. The summed E-state index contributed by atoms with van der Waals surface area (Å²) in [7, 11) is 1.65. The van der Waals surface area contributed by atoms with Gasteiger partial charge < -0.3 is 14.5 Å². The second-order valence-electron chi connectivity index (χ2n) is 5.86. The van der Waals surface area contributed by atoms with E-state index in [2.05, 4.69) is 34.1 Å². The molecule has 3 aromatic heterocycles. The Hall–Kier alpha value is -2.65. The highest BCUT2D eigenvalue weighted by Crippen LogP contribution is 2.22. The fourth-order valence-corrected chi connectivity index (χ4v) is 3.54. The Morgan fingerprint density at radius 3 is 2.58 bits per heavy atom. The molecule has 0 radical (unpaired) electrons. The zero-order chi connectivity index (χ0) is 17.8. The number of pyridine rings is 1. The van der Waals surface area contributed by atoms with Crippen LogP contribution in [-0.2, 0) is 11.3 Å². The highest BCUT2D eigenvalue weighted by atomic mass is 32.1. The largest absolute Gasteiger partial charge is 0.377 e. The van der Waals surface area contributed by atoms with Gasteiger partial charge in [0.25, 0.3) is 0 Å². The Morgan fingerprint density at radius 2 is 1.81 bits per heavy atom. The number of hydrogen-bond donors (Lipinski definition) is 0. The molecule has 0 aliphatic carbocycles. The van der Waals surface area contributed by atoms with Crippen molar-refractivity contribution in [3.8, 4) is 11.4 Å². The summed E-state index contributed by atoms with van der Waals surface area (Å²) in [5.41, 5.74) is 1.70. The Bertz CT molecular complexity index is 849. The molecule has 9 heteroatoms. The smallest absolute Gasteiger partial charge is 0.226 e. The van der Waals surface area contributed by atoms with Crippen molar-refractivity contribution >= 4 is 22.6 Å². The minimum atomic E-state index is 0.449. The molecule has 134 valence electrons. The Morgan fingerprint density at radius 1 is 0.962 bits per heavy atom. The van der Waals surface area contributed by atoms with Crippen LogP contribution in [0.5, 0.6) is 0 Å². The maximum Gasteiger partial charge on any atom is 0.226 e. The Labute approximate surface area is 155 Å². The molecule has 0 aromatic carbocycles. The van der Waals surface area contributed by atoms with Crippen molar-refractivity contribution in [1.29, 1.82) is 0 Å². The summed E-state index contributed by atoms with van der Waals surface area (Å²) < 4.78 is 9.41. The van der Waals surface area contributed by atoms with Crippen LogP contribution in [0, 0.1) is 0 Å². The topological polar surface area (TPSA) is 80.2 Å². The fraction of sp³-hybridized carbons (Fsp3) is 0.353. The molecule has 4 heterocycles. The average molecular weight is 369 g/mol. The molecule has 3 aromatic rings. The third-order valence-corrected chi connectivity index (χ3v) is 4.95. The van der Waals surface area contributed by atoms with Gasteiger partial charge in [-0.3, -0.25) is 4.98 Å². The predicted octanol–water partition coefficient (Wildman–Crippen LogP) is 1.86. The molecule has 0 atom stereocenters. The molecule has 0 saturated carbocycles. The van der Waals surface area contributed by atoms with E-state index in [1.54, 1.807) is 19.5 Å². The highest BCUT2D eigenvalue weighted by Gasteiger charge is 2.22. The van der Waals surface area contributed by atoms with E-state index < -0.39 is 0 Å². The van der Waals surface area contributed by atoms with Crippen LogP contribution in [0.1, 0.15) is 5.82 Å². The van der Waals surface area contributed by atoms with Gasteiger partial charge in [0, 0.05) is 57.2 Å². The van der Waals surface area contributed by atoms with Crippen LogP contribution in [-0.4, -0.2) is 57.6 Å². The van der Waals surface area contributed by atoms with E-state index in [0.717, 1.165) is 54.5 Å². The lowest BCUT2D eigenvalue weighted by Crippen LogP contribution is -2.47. The summed E-state index contributed by atoms with van der Waals surface area (Å²) in [5.74, 6) is 1.48. The van der Waals surface area contributed by atoms with E-state index in [1.165, 1.54) is 11.5 Å². The lowest BCUT2D eigenvalue weighted by Gasteiger charge is -2.34. The molecule has 0 N–H and O–H groups in total. The third kappa shape index (κ3) is 3.63. The van der Waals surface area contributed by atoms with Crippen LogP contribution in [0.2, 0.25) is 0 Å². The molecule has 0 spiro atoms. The first-order valence-corrected chi connectivity index (χ1v) is 9.17. The van der Waals surface area contributed by atoms with Crippen molar-refractivity contribution in [2.75, 3.05) is 43.1 Å². The van der Waals surface area contributed by atoms with Gasteiger partial charge in [-0.2, -0.15) is 4.37 Å². The van der Waals surface area contributed by atoms with Crippen LogP contribution in [0.25, 0.3) is 11.4 Å². The van der Waals surface area contributed by atoms with Crippen molar-refractivity contribution in [2.24, 2.45) is 0 Å². The molecular formula is C17H19N7OS. The molecule has 8 nitrogen and oxygen atoms in total. The molecule has 0 bridgehead atoms. The normalized spacial score (nSPS) is 14.7. The molecule has 1 fully saturated rings. The zero-order valence-corrected chi connectivity index (χ0v) is 15.3. The van der Waals surface area contributed by atoms with E-state index in [1.807, 2.05) is 24.3 Å². The van der Waals surface area contributed by atoms with Crippen LogP contribution in [0.3, 0.4) is 0 Å². The molecule has 1 aliphatic rings. The molecule has 4 rings (SSSR count). The summed E-state index contributed by atoms with van der Waals surface area (Å²) in [4.78, 5) is 22.5. The van der Waals surface area contributed by atoms with Crippen LogP contribution in [0.4, 0.5) is 11.1 Å². The van der Waals surface area contributed by atoms with Gasteiger partial charge in [0.05, 0.1) is 11.4 Å². The van der Waals surface area contributed by atoms with Crippen molar-refractivity contribution in [1.82, 2.24) is 24.3 Å². The number of ether oxygens (including phenoxy) is 1. The number of piperazine rings is 1. The van der Waals surface area contributed by atoms with Crippen LogP contribution in [0.15, 0.2) is 36.7 Å². The Balaban J connectivity index is 1.43. The van der Waals surface area contributed by atoms with E-state index in [-0.39, 0.29) is 0 Å². The minimum Gasteiger partial charge on any atom is -0.377 e. The lowest BCUT2D eigenvalue weighted by atomic mass is 10.2. The standard InChI is InChI=1S/C17H19N7OS/c1-25-12-15-21-17(26-22-15)24-10-8-23(9-11-24)16-19-7-5-14(20-16)13-4-2-3-6-18-13/h2-7H,8-12H2,1H3. The number of nitrogens with zero attached hydrogens (tertiary/aromatic N) is 7. The summed E-state index contributed by atoms with van der Waals surface area (Å²) in [6.45, 7) is 3.85. The number of rotatable bonds is 5. The molecule has 26 heavy (non-hydrogen) atoms. The van der Waals surface area contributed by atoms with Gasteiger partial charge in [-0.05, 0) is 18.2 Å². The summed E-state index contributed by atoms with van der Waals surface area (Å²) in [6, 6.07) is 7.71. The summed E-state index contributed by atoms with van der Waals surface area (Å²) in [5, 5.41) is 0.944. The first-order valence-electron chi connectivity index (χ1n) is 8.39. The van der Waals surface area contributed by atoms with E-state index in [4.69, 9.17) is 4.74 Å². The second kappa shape index (κ2) is 7.71. The van der Waals surface area contributed by atoms with E-state index in [9.17, 15) is 0 Å². The Kier molecular flexibility index (Phi) is 4.98. The van der Waals surface area contributed by atoms with E-state index >= 15 is 0 Å². The maximum atomic E-state index is 5.08. The second-order valence-corrected chi connectivity index (χ2v) is 6.59. The first-order chi connectivity index (χ1) is 12.8. The average Bonchev–Trinajstić information content (AvgIpc) is 3.18. The fourth-order valence-electron chi connectivity index (χ4n) is 2.82. The SMILES string of the molecule is COCc1nsc(N2CCN(c3nccc(-c4ccccn4)n3)CC2)n1. The summed E-state index contributed by atoms with van der Waals surface area (Å²) in [6.07, 6.45) is 3.57. The number of methoxy groups -OCH3 is 1. The third-order valence-electron chi connectivity index (χ3n) is 4.13. The van der Waals surface area contributed by atoms with Gasteiger partial charge in [0.1, 0.15) is 6.61 Å². The molecule has 1 saturated heterocycles. The van der Waals surface area contributed by atoms with Crippen molar-refractivity contribution in [2.45, 2.75) is 6.61 Å². The quantitative estimate of drug-likeness (QED) is 0.674. The van der Waals surface area contributed by atoms with Gasteiger partial charge in [-0.25, -0.2) is 15.0 Å². The number of hydrogen-bond acceptors (Lipinski definition) is 9. The lowest BCUT2D eigenvalue weighted by molar-refractivity contribution is 0.179. The number of aromatic nitrogens is 5. The van der Waals surface area contributed by atoms with Gasteiger partial charge in [0.15, 0.2) is 5.82 Å². The zero-order valence-electron chi connectivity index (χ0n) is 14.4. The van der Waals surface area contributed by atoms with Crippen LogP contribution < -0.4 is 9.80 Å². The van der Waals surface area contributed by atoms with Crippen molar-refractivity contribution < 1.29 is 4.74 Å². The molecule has 0 unspecified atom stereocenters. The molecule has 1 aliphatic heterocycles. The minimum absolute atomic E-state index is 0.449. The van der Waals surface area contributed by atoms with Gasteiger partial charge in [0.2, 0.25) is 11.1 Å². The predicted molar refractivity (Wildman–Crippen MR) is 100 cm³/mol. The number of anilines is 2. The van der Waals surface area contributed by atoms with E-state index in [0.29, 0.717) is 6.61 Å². The summed E-state index contributed by atoms with van der Waals surface area (Å²) >= 11 is 1.42. The maximum absolute atomic E-state index is 5.08. The highest BCUT2D eigenvalue weighted by molar-refractivity contribution is 7.09. The molecular weight excluding hydrogens is 350 g/mol. The van der Waals surface area contributed by atoms with Crippen LogP contribution >= 0.6 is 11.5 Å². The van der Waals surface area contributed by atoms with Gasteiger partial charge in [-0.1, -0.05) is 6.07 Å². The van der Waals surface area contributed by atoms with Crippen molar-refractivity contribution in [3.05, 3.63) is 42.5 Å². The van der Waals surface area contributed by atoms with Gasteiger partial charge in [-0.15, -0.1) is 0 Å². The molecule has 0 amide bonds. The van der Waals surface area contributed by atoms with Gasteiger partial charge >= 0.3 is 0 Å². The monoisotopic (exact) mass is 369 g/mol.